The molecule has 2 fully saturated rings. The summed E-state index contributed by atoms with van der Waals surface area (Å²) in [6.45, 7) is 2.63. The molecular formula is C40H52N10O6. The number of aromatic nitrogens is 4. The number of rotatable bonds is 15. The standard InChI is InChI=1S/C40H52N10O6/c1-47(2)21-17-33(37(51)45-39(53)54)49-19-5-7-31(49)35-41-23-29(43-35)27-13-9-25(10-14-27)26-11-15-28(16-12-26)30-24-42-36(44-30)32-8-6-20-50(32)34(18-22-48(3)4)38(52)46-40(55)56/h9-16,23-24,31-34H,5-8,17-22H2,1-4H3,(H,41,43)(H,42,44)(H,45,51)(H,46,52)(H,53,54)(H,55,56)/t31?,32?,33-,34?/m0/s1. The molecule has 4 amide bonds. The lowest BCUT2D eigenvalue weighted by molar-refractivity contribution is -0.127. The first kappa shape index (κ1) is 40.2. The Hall–Kier alpha value is -5.42. The lowest BCUT2D eigenvalue weighted by Gasteiger charge is -2.31. The van der Waals surface area contributed by atoms with Crippen molar-refractivity contribution < 1.29 is 29.4 Å². The number of amides is 4. The van der Waals surface area contributed by atoms with Crippen molar-refractivity contribution in [2.45, 2.75) is 62.7 Å². The summed E-state index contributed by atoms with van der Waals surface area (Å²) in [4.78, 5) is 72.9. The van der Waals surface area contributed by atoms with Crippen LogP contribution in [0.4, 0.5) is 9.59 Å². The van der Waals surface area contributed by atoms with Gasteiger partial charge in [-0.3, -0.25) is 30.0 Å². The third kappa shape index (κ3) is 9.68. The van der Waals surface area contributed by atoms with E-state index in [1.807, 2.05) is 62.3 Å². The second kappa shape index (κ2) is 18.0. The van der Waals surface area contributed by atoms with Gasteiger partial charge in [0.05, 0.1) is 47.9 Å². The van der Waals surface area contributed by atoms with Crippen LogP contribution in [0.2, 0.25) is 0 Å². The normalized spacial score (nSPS) is 18.7. The van der Waals surface area contributed by atoms with E-state index in [-0.39, 0.29) is 12.1 Å². The minimum Gasteiger partial charge on any atom is -0.465 e. The number of imide groups is 2. The van der Waals surface area contributed by atoms with Crippen molar-refractivity contribution in [1.29, 1.82) is 0 Å². The Kier molecular flexibility index (Phi) is 13.0. The van der Waals surface area contributed by atoms with Crippen LogP contribution in [0.3, 0.4) is 0 Å². The van der Waals surface area contributed by atoms with Gasteiger partial charge in [0.2, 0.25) is 11.8 Å². The third-order valence-electron chi connectivity index (χ3n) is 10.7. The molecule has 4 heterocycles. The molecule has 16 nitrogen and oxygen atoms in total. The minimum absolute atomic E-state index is 0.133. The number of carboxylic acid groups (broad SMARTS) is 2. The number of nitrogens with one attached hydrogen (secondary N) is 4. The van der Waals surface area contributed by atoms with Gasteiger partial charge in [-0.1, -0.05) is 48.5 Å². The Morgan fingerprint density at radius 1 is 0.661 bits per heavy atom. The summed E-state index contributed by atoms with van der Waals surface area (Å²) in [6, 6.07) is 15.0. The average molecular weight is 769 g/mol. The predicted octanol–water partition coefficient (Wildman–Crippen LogP) is 4.64. The summed E-state index contributed by atoms with van der Waals surface area (Å²) in [5.41, 5.74) is 5.75. The van der Waals surface area contributed by atoms with Crippen LogP contribution < -0.4 is 10.6 Å². The molecule has 6 rings (SSSR count). The summed E-state index contributed by atoms with van der Waals surface area (Å²) >= 11 is 0. The summed E-state index contributed by atoms with van der Waals surface area (Å²) in [5, 5.41) is 22.6. The molecule has 0 spiro atoms. The third-order valence-corrected chi connectivity index (χ3v) is 10.7. The molecule has 2 aromatic heterocycles. The van der Waals surface area contributed by atoms with Crippen LogP contribution >= 0.6 is 0 Å². The number of benzene rings is 2. The van der Waals surface area contributed by atoms with Crippen LogP contribution in [0.1, 0.15) is 62.3 Å². The van der Waals surface area contributed by atoms with Gasteiger partial charge in [-0.05, 0) is 115 Å². The Morgan fingerprint density at radius 3 is 1.36 bits per heavy atom. The van der Waals surface area contributed by atoms with E-state index in [0.29, 0.717) is 39.0 Å². The number of imidazole rings is 2. The lowest BCUT2D eigenvalue weighted by atomic mass is 10.0. The molecule has 0 radical (unpaired) electrons. The monoisotopic (exact) mass is 768 g/mol. The highest BCUT2D eigenvalue weighted by Gasteiger charge is 2.39. The molecule has 0 aliphatic carbocycles. The number of hydrogen-bond donors (Lipinski definition) is 6. The number of carbonyl (C=O) groups excluding carboxylic acids is 2. The van der Waals surface area contributed by atoms with Gasteiger partial charge in [-0.15, -0.1) is 0 Å². The quantitative estimate of drug-likeness (QED) is 0.0980. The van der Waals surface area contributed by atoms with Gasteiger partial charge in [0.15, 0.2) is 0 Å². The van der Waals surface area contributed by atoms with E-state index in [2.05, 4.69) is 54.7 Å². The maximum atomic E-state index is 12.9. The lowest BCUT2D eigenvalue weighted by Crippen LogP contribution is -2.49. The first-order valence-corrected chi connectivity index (χ1v) is 19.1. The number of nitrogens with zero attached hydrogens (tertiary/aromatic N) is 6. The number of likely N-dealkylation sites (tertiary alicyclic amines) is 2. The van der Waals surface area contributed by atoms with E-state index in [0.717, 1.165) is 71.0 Å². The Balaban J connectivity index is 1.12. The maximum absolute atomic E-state index is 12.9. The van der Waals surface area contributed by atoms with E-state index in [4.69, 9.17) is 9.97 Å². The van der Waals surface area contributed by atoms with Gasteiger partial charge >= 0.3 is 12.2 Å². The van der Waals surface area contributed by atoms with Crippen molar-refractivity contribution in [1.82, 2.24) is 50.2 Å². The molecule has 56 heavy (non-hydrogen) atoms. The Bertz CT molecular complexity index is 1830. The molecule has 4 aromatic rings. The molecular weight excluding hydrogens is 717 g/mol. The highest BCUT2D eigenvalue weighted by atomic mass is 16.4. The number of H-pyrrole nitrogens is 2. The van der Waals surface area contributed by atoms with Crippen molar-refractivity contribution in [3.63, 3.8) is 0 Å². The molecule has 3 unspecified atom stereocenters. The molecule has 2 aromatic carbocycles. The van der Waals surface area contributed by atoms with Crippen LogP contribution in [0, 0.1) is 0 Å². The molecule has 2 aliphatic heterocycles. The van der Waals surface area contributed by atoms with E-state index in [1.54, 1.807) is 12.4 Å². The average Bonchev–Trinajstić information content (AvgIpc) is 3.99. The highest BCUT2D eigenvalue weighted by molar-refractivity contribution is 5.94. The van der Waals surface area contributed by atoms with Gasteiger partial charge in [-0.2, -0.15) is 0 Å². The molecule has 298 valence electrons. The van der Waals surface area contributed by atoms with Crippen LogP contribution in [0.15, 0.2) is 60.9 Å². The van der Waals surface area contributed by atoms with E-state index < -0.39 is 36.1 Å². The van der Waals surface area contributed by atoms with E-state index in [1.165, 1.54) is 0 Å². The van der Waals surface area contributed by atoms with Crippen LogP contribution in [-0.4, -0.2) is 140 Å². The van der Waals surface area contributed by atoms with Gasteiger partial charge in [0, 0.05) is 0 Å². The van der Waals surface area contributed by atoms with Crippen molar-refractivity contribution in [3.05, 3.63) is 72.6 Å². The molecule has 2 saturated heterocycles. The van der Waals surface area contributed by atoms with Gasteiger partial charge < -0.3 is 30.0 Å². The number of carbonyl (C=O) groups is 4. The van der Waals surface area contributed by atoms with E-state index >= 15 is 0 Å². The highest BCUT2D eigenvalue weighted by Crippen LogP contribution is 2.36. The van der Waals surface area contributed by atoms with Crippen molar-refractivity contribution in [3.8, 4) is 33.6 Å². The molecule has 0 saturated carbocycles. The molecule has 16 heteroatoms. The summed E-state index contributed by atoms with van der Waals surface area (Å²) < 4.78 is 0. The molecule has 4 atom stereocenters. The zero-order chi connectivity index (χ0) is 39.9. The summed E-state index contributed by atoms with van der Waals surface area (Å²) in [7, 11) is 7.71. The Labute approximate surface area is 326 Å². The smallest absolute Gasteiger partial charge is 0.411 e. The van der Waals surface area contributed by atoms with E-state index in [9.17, 15) is 29.4 Å². The predicted molar refractivity (Wildman–Crippen MR) is 211 cm³/mol. The fourth-order valence-electron chi connectivity index (χ4n) is 7.93. The summed E-state index contributed by atoms with van der Waals surface area (Å²) in [6.07, 6.45) is 5.28. The van der Waals surface area contributed by atoms with Crippen molar-refractivity contribution in [2.24, 2.45) is 0 Å². The zero-order valence-corrected chi connectivity index (χ0v) is 32.4. The maximum Gasteiger partial charge on any atom is 0.411 e. The van der Waals surface area contributed by atoms with Gasteiger partial charge in [0.1, 0.15) is 11.6 Å². The number of hydrogen-bond acceptors (Lipinski definition) is 10. The minimum atomic E-state index is -1.35. The molecule has 6 N–H and O–H groups in total. The van der Waals surface area contributed by atoms with Crippen LogP contribution in [-0.2, 0) is 9.59 Å². The first-order valence-electron chi connectivity index (χ1n) is 19.1. The van der Waals surface area contributed by atoms with Crippen LogP contribution in [0.5, 0.6) is 0 Å². The first-order chi connectivity index (χ1) is 26.9. The SMILES string of the molecule is CN(C)CCC(C(=O)NC(=O)O)N1CCCC1c1ncc(-c2ccc(-c3ccc(-c4cnc(C5CCCN5[C@@H](CCN(C)C)C(=O)NC(=O)O)[nH]4)cc3)cc2)[nH]1. The largest absolute Gasteiger partial charge is 0.465 e. The second-order valence-corrected chi connectivity index (χ2v) is 15.1. The summed E-state index contributed by atoms with van der Waals surface area (Å²) in [5.74, 6) is 0.481. The van der Waals surface area contributed by atoms with Gasteiger partial charge in [-0.25, -0.2) is 19.6 Å². The zero-order valence-electron chi connectivity index (χ0n) is 32.4. The molecule has 0 bridgehead atoms. The number of aromatic amines is 2. The second-order valence-electron chi connectivity index (χ2n) is 15.1. The fourth-order valence-corrected chi connectivity index (χ4v) is 7.93. The topological polar surface area (TPSA) is 203 Å². The Morgan fingerprint density at radius 2 is 1.02 bits per heavy atom. The van der Waals surface area contributed by atoms with Gasteiger partial charge in [0.25, 0.3) is 0 Å². The fraction of sp³-hybridized carbons (Fsp3) is 0.450. The van der Waals surface area contributed by atoms with Crippen molar-refractivity contribution in [2.75, 3.05) is 54.4 Å². The van der Waals surface area contributed by atoms with Crippen molar-refractivity contribution >= 4 is 24.0 Å². The molecule has 2 aliphatic rings. The van der Waals surface area contributed by atoms with Crippen LogP contribution in [0.25, 0.3) is 33.6 Å².